The van der Waals surface area contributed by atoms with Crippen molar-refractivity contribution >= 4 is 23.3 Å². The Labute approximate surface area is 220 Å². The molecule has 0 spiro atoms. The number of hydrogen-bond acceptors (Lipinski definition) is 9. The number of esters is 2. The zero-order chi connectivity index (χ0) is 26.7. The number of aromatic nitrogens is 1. The number of methoxy groups -OCH3 is 4. The SMILES string of the molecule is COC(=O)C1=C(C)NC(C)C(C(=O)OC)(c2ccccc2)C1c1nc(-c2cc(OC)ccc2OC)cs1. The van der Waals surface area contributed by atoms with Crippen LogP contribution in [0, 0.1) is 0 Å². The van der Waals surface area contributed by atoms with E-state index in [0.29, 0.717) is 39.0 Å². The van der Waals surface area contributed by atoms with E-state index in [4.69, 9.17) is 23.9 Å². The van der Waals surface area contributed by atoms with Gasteiger partial charge in [0.25, 0.3) is 0 Å². The third-order valence-electron chi connectivity index (χ3n) is 6.90. The normalized spacial score (nSPS) is 21.1. The molecule has 0 aliphatic carbocycles. The van der Waals surface area contributed by atoms with Crippen LogP contribution in [-0.2, 0) is 24.5 Å². The molecule has 8 nitrogen and oxygen atoms in total. The molecule has 9 heteroatoms. The van der Waals surface area contributed by atoms with Crippen molar-refractivity contribution in [3.05, 3.63) is 75.8 Å². The van der Waals surface area contributed by atoms with Crippen molar-refractivity contribution in [1.29, 1.82) is 0 Å². The summed E-state index contributed by atoms with van der Waals surface area (Å²) in [5.74, 6) is -0.518. The highest BCUT2D eigenvalue weighted by Gasteiger charge is 2.59. The molecule has 1 aliphatic rings. The predicted molar refractivity (Wildman–Crippen MR) is 141 cm³/mol. The van der Waals surface area contributed by atoms with Crippen molar-refractivity contribution in [2.45, 2.75) is 31.2 Å². The molecule has 0 saturated carbocycles. The number of carbonyl (C=O) groups is 2. The zero-order valence-corrected chi connectivity index (χ0v) is 22.5. The minimum Gasteiger partial charge on any atom is -0.497 e. The highest BCUT2D eigenvalue weighted by Crippen LogP contribution is 2.52. The van der Waals surface area contributed by atoms with E-state index in [1.54, 1.807) is 14.2 Å². The van der Waals surface area contributed by atoms with Gasteiger partial charge in [0.2, 0.25) is 0 Å². The molecule has 194 valence electrons. The van der Waals surface area contributed by atoms with Gasteiger partial charge in [-0.25, -0.2) is 9.78 Å². The van der Waals surface area contributed by atoms with Crippen molar-refractivity contribution in [2.75, 3.05) is 28.4 Å². The summed E-state index contributed by atoms with van der Waals surface area (Å²) < 4.78 is 21.6. The van der Waals surface area contributed by atoms with E-state index in [2.05, 4.69) is 5.32 Å². The standard InChI is InChI=1S/C28H30N2O6S/c1-16-23(26(31)35-5)24(28(17(2)29-16,27(32)36-6)18-10-8-7-9-11-18)25-30-21(15-37-25)20-14-19(33-3)12-13-22(20)34-4/h7-15,17,24,29H,1-6H3. The van der Waals surface area contributed by atoms with Crippen LogP contribution in [-0.4, -0.2) is 51.4 Å². The van der Waals surface area contributed by atoms with Crippen LogP contribution >= 0.6 is 11.3 Å². The second kappa shape index (κ2) is 10.6. The smallest absolute Gasteiger partial charge is 0.336 e. The molecule has 4 rings (SSSR count). The van der Waals surface area contributed by atoms with Crippen molar-refractivity contribution in [1.82, 2.24) is 10.3 Å². The van der Waals surface area contributed by atoms with Gasteiger partial charge in [0, 0.05) is 22.7 Å². The highest BCUT2D eigenvalue weighted by atomic mass is 32.1. The first kappa shape index (κ1) is 26.2. The summed E-state index contributed by atoms with van der Waals surface area (Å²) in [7, 11) is 5.87. The summed E-state index contributed by atoms with van der Waals surface area (Å²) in [5.41, 5.74) is 1.72. The van der Waals surface area contributed by atoms with Crippen LogP contribution in [0.25, 0.3) is 11.3 Å². The summed E-state index contributed by atoms with van der Waals surface area (Å²) in [6, 6.07) is 14.4. The number of ether oxygens (including phenoxy) is 4. The number of thiazole rings is 1. The van der Waals surface area contributed by atoms with Gasteiger partial charge in [-0.05, 0) is 37.6 Å². The fourth-order valence-corrected chi connectivity index (χ4v) is 6.18. The van der Waals surface area contributed by atoms with E-state index in [1.807, 2.05) is 67.8 Å². The van der Waals surface area contributed by atoms with E-state index in [-0.39, 0.29) is 0 Å². The van der Waals surface area contributed by atoms with E-state index in [0.717, 1.165) is 5.56 Å². The maximum absolute atomic E-state index is 13.8. The Kier molecular flexibility index (Phi) is 7.54. The first-order valence-corrected chi connectivity index (χ1v) is 12.6. The first-order chi connectivity index (χ1) is 17.8. The van der Waals surface area contributed by atoms with E-state index in [1.165, 1.54) is 25.6 Å². The first-order valence-electron chi connectivity index (χ1n) is 11.7. The van der Waals surface area contributed by atoms with Gasteiger partial charge in [0.05, 0.1) is 45.6 Å². The van der Waals surface area contributed by atoms with Gasteiger partial charge >= 0.3 is 11.9 Å². The minimum atomic E-state index is -1.30. The maximum atomic E-state index is 13.8. The Morgan fingerprint density at radius 2 is 1.73 bits per heavy atom. The number of nitrogens with zero attached hydrogens (tertiary/aromatic N) is 1. The number of benzene rings is 2. The van der Waals surface area contributed by atoms with Gasteiger partial charge in [-0.1, -0.05) is 30.3 Å². The van der Waals surface area contributed by atoms with Gasteiger partial charge in [0.15, 0.2) is 0 Å². The monoisotopic (exact) mass is 522 g/mol. The van der Waals surface area contributed by atoms with Gasteiger partial charge in [-0.15, -0.1) is 11.3 Å². The zero-order valence-electron chi connectivity index (χ0n) is 21.7. The lowest BCUT2D eigenvalue weighted by Gasteiger charge is -2.47. The fraction of sp³-hybridized carbons (Fsp3) is 0.321. The van der Waals surface area contributed by atoms with Crippen LogP contribution in [0.3, 0.4) is 0 Å². The maximum Gasteiger partial charge on any atom is 0.336 e. The molecule has 3 atom stereocenters. The molecular formula is C28H30N2O6S. The average molecular weight is 523 g/mol. The lowest BCUT2D eigenvalue weighted by atomic mass is 9.61. The molecule has 1 N–H and O–H groups in total. The van der Waals surface area contributed by atoms with Crippen LogP contribution in [0.5, 0.6) is 11.5 Å². The molecule has 37 heavy (non-hydrogen) atoms. The number of carbonyl (C=O) groups excluding carboxylic acids is 2. The number of rotatable bonds is 7. The van der Waals surface area contributed by atoms with Gasteiger partial charge in [0.1, 0.15) is 21.9 Å². The molecule has 1 aliphatic heterocycles. The second-order valence-electron chi connectivity index (χ2n) is 8.69. The van der Waals surface area contributed by atoms with E-state index in [9.17, 15) is 9.59 Å². The van der Waals surface area contributed by atoms with Crippen LogP contribution in [0.4, 0.5) is 0 Å². The molecule has 1 aromatic heterocycles. The van der Waals surface area contributed by atoms with Gasteiger partial charge in [-0.2, -0.15) is 0 Å². The lowest BCUT2D eigenvalue weighted by Crippen LogP contribution is -2.60. The molecule has 2 heterocycles. The Morgan fingerprint density at radius 3 is 2.35 bits per heavy atom. The molecule has 0 saturated heterocycles. The summed E-state index contributed by atoms with van der Waals surface area (Å²) >= 11 is 1.36. The number of hydrogen-bond donors (Lipinski definition) is 1. The van der Waals surface area contributed by atoms with Crippen LogP contribution < -0.4 is 14.8 Å². The summed E-state index contributed by atoms with van der Waals surface area (Å²) in [6.07, 6.45) is 0. The number of allylic oxidation sites excluding steroid dienone is 1. The summed E-state index contributed by atoms with van der Waals surface area (Å²) in [5, 5.41) is 5.80. The molecule has 0 fully saturated rings. The van der Waals surface area contributed by atoms with Gasteiger partial charge < -0.3 is 24.3 Å². The largest absolute Gasteiger partial charge is 0.497 e. The molecule has 2 aromatic carbocycles. The predicted octanol–water partition coefficient (Wildman–Crippen LogP) is 4.46. The lowest BCUT2D eigenvalue weighted by molar-refractivity contribution is -0.150. The minimum absolute atomic E-state index is 0.327. The van der Waals surface area contributed by atoms with Crippen molar-refractivity contribution in [2.24, 2.45) is 0 Å². The molecule has 0 radical (unpaired) electrons. The molecule has 3 aromatic rings. The third-order valence-corrected chi connectivity index (χ3v) is 7.81. The van der Waals surface area contributed by atoms with Crippen LogP contribution in [0.2, 0.25) is 0 Å². The Hall–Kier alpha value is -3.85. The average Bonchev–Trinajstić information content (AvgIpc) is 3.41. The number of nitrogens with one attached hydrogen (secondary N) is 1. The van der Waals surface area contributed by atoms with Crippen LogP contribution in [0.1, 0.15) is 30.3 Å². The molecule has 0 amide bonds. The topological polar surface area (TPSA) is 96.0 Å². The molecule has 3 unspecified atom stereocenters. The van der Waals surface area contributed by atoms with Crippen molar-refractivity contribution < 1.29 is 28.5 Å². The Balaban J connectivity index is 2.01. The van der Waals surface area contributed by atoms with Gasteiger partial charge in [-0.3, -0.25) is 4.79 Å². The Bertz CT molecular complexity index is 1340. The quantitative estimate of drug-likeness (QED) is 0.455. The van der Waals surface area contributed by atoms with Crippen molar-refractivity contribution in [3.63, 3.8) is 0 Å². The van der Waals surface area contributed by atoms with Crippen LogP contribution in [0.15, 0.2) is 65.2 Å². The Morgan fingerprint density at radius 1 is 1.00 bits per heavy atom. The highest BCUT2D eigenvalue weighted by molar-refractivity contribution is 7.10. The van der Waals surface area contributed by atoms with E-state index >= 15 is 0 Å². The fourth-order valence-electron chi connectivity index (χ4n) is 5.18. The summed E-state index contributed by atoms with van der Waals surface area (Å²) in [6.45, 7) is 3.72. The van der Waals surface area contributed by atoms with Crippen molar-refractivity contribution in [3.8, 4) is 22.8 Å². The summed E-state index contributed by atoms with van der Waals surface area (Å²) in [4.78, 5) is 32.0. The molecule has 0 bridgehead atoms. The third kappa shape index (κ3) is 4.33. The molecular weight excluding hydrogens is 492 g/mol. The second-order valence-corrected chi connectivity index (χ2v) is 9.58. The van der Waals surface area contributed by atoms with E-state index < -0.39 is 29.3 Å².